The summed E-state index contributed by atoms with van der Waals surface area (Å²) in [6.07, 6.45) is 2.31. The molecule has 0 saturated carbocycles. The molecule has 1 aliphatic rings. The first kappa shape index (κ1) is 19.2. The number of aliphatic hydroxyl groups excluding tert-OH is 1. The van der Waals surface area contributed by atoms with Crippen LogP contribution in [-0.4, -0.2) is 48.0 Å². The average molecular weight is 370 g/mol. The standard InChI is InChI=1S/C21H26N2O4/c1-15-6-7-18(20(25)26)19(22-15)23-10-8-21(14-24,9-11-23)13-16-4-3-5-17(12-16)27-2/h3-7,12,24H,8-11,13-14H2,1-2H3,(H,25,26). The predicted molar refractivity (Wildman–Crippen MR) is 104 cm³/mol. The first-order chi connectivity index (χ1) is 13.0. The first-order valence-corrected chi connectivity index (χ1v) is 9.16. The lowest BCUT2D eigenvalue weighted by Crippen LogP contribution is -2.44. The summed E-state index contributed by atoms with van der Waals surface area (Å²) in [4.78, 5) is 18.0. The van der Waals surface area contributed by atoms with E-state index in [1.807, 2.05) is 30.0 Å². The first-order valence-electron chi connectivity index (χ1n) is 9.16. The van der Waals surface area contributed by atoms with E-state index in [-0.39, 0.29) is 17.6 Å². The van der Waals surface area contributed by atoms with Crippen molar-refractivity contribution in [3.8, 4) is 5.75 Å². The largest absolute Gasteiger partial charge is 0.497 e. The molecule has 2 N–H and O–H groups in total. The molecule has 0 bridgehead atoms. The van der Waals surface area contributed by atoms with E-state index in [1.54, 1.807) is 19.2 Å². The Morgan fingerprint density at radius 3 is 2.63 bits per heavy atom. The summed E-state index contributed by atoms with van der Waals surface area (Å²) in [5.74, 6) is 0.372. The Bertz CT molecular complexity index is 814. The molecule has 6 heteroatoms. The molecule has 1 aromatic carbocycles. The molecule has 2 heterocycles. The number of aromatic carboxylic acids is 1. The van der Waals surface area contributed by atoms with Gasteiger partial charge in [-0.3, -0.25) is 0 Å². The molecule has 0 unspecified atom stereocenters. The third-order valence-corrected chi connectivity index (χ3v) is 5.42. The monoisotopic (exact) mass is 370 g/mol. The van der Waals surface area contributed by atoms with E-state index in [0.29, 0.717) is 18.9 Å². The molecule has 1 aromatic heterocycles. The summed E-state index contributed by atoms with van der Waals surface area (Å²) in [5.41, 5.74) is 1.95. The van der Waals surface area contributed by atoms with Crippen LogP contribution in [-0.2, 0) is 6.42 Å². The quantitative estimate of drug-likeness (QED) is 0.814. The minimum Gasteiger partial charge on any atom is -0.497 e. The normalized spacial score (nSPS) is 16.2. The summed E-state index contributed by atoms with van der Waals surface area (Å²) in [7, 11) is 1.65. The van der Waals surface area contributed by atoms with Gasteiger partial charge in [-0.15, -0.1) is 0 Å². The number of nitrogens with zero attached hydrogens (tertiary/aromatic N) is 2. The number of methoxy groups -OCH3 is 1. The van der Waals surface area contributed by atoms with Crippen LogP contribution in [0.15, 0.2) is 36.4 Å². The topological polar surface area (TPSA) is 82.9 Å². The number of aryl methyl sites for hydroxylation is 1. The van der Waals surface area contributed by atoms with Crippen LogP contribution in [0.2, 0.25) is 0 Å². The number of hydrogen-bond acceptors (Lipinski definition) is 5. The second-order valence-corrected chi connectivity index (χ2v) is 7.30. The van der Waals surface area contributed by atoms with E-state index < -0.39 is 5.97 Å². The van der Waals surface area contributed by atoms with Gasteiger partial charge in [0.1, 0.15) is 17.1 Å². The molecular formula is C21H26N2O4. The number of carboxylic acid groups (broad SMARTS) is 1. The number of aliphatic hydroxyl groups is 1. The fourth-order valence-electron chi connectivity index (χ4n) is 3.75. The van der Waals surface area contributed by atoms with Crippen molar-refractivity contribution in [2.45, 2.75) is 26.2 Å². The van der Waals surface area contributed by atoms with Gasteiger partial charge >= 0.3 is 5.97 Å². The summed E-state index contributed by atoms with van der Waals surface area (Å²) < 4.78 is 5.30. The molecule has 144 valence electrons. The number of carbonyl (C=O) groups is 1. The Balaban J connectivity index is 1.76. The predicted octanol–water partition coefficient (Wildman–Crippen LogP) is 2.92. The maximum Gasteiger partial charge on any atom is 0.339 e. The number of aromatic nitrogens is 1. The lowest BCUT2D eigenvalue weighted by atomic mass is 9.74. The van der Waals surface area contributed by atoms with Gasteiger partial charge in [-0.05, 0) is 56.0 Å². The molecule has 3 rings (SSSR count). The number of piperidine rings is 1. The molecule has 27 heavy (non-hydrogen) atoms. The second kappa shape index (κ2) is 7.96. The minimum absolute atomic E-state index is 0.102. The second-order valence-electron chi connectivity index (χ2n) is 7.30. The van der Waals surface area contributed by atoms with Gasteiger partial charge in [0.05, 0.1) is 7.11 Å². The van der Waals surface area contributed by atoms with Crippen LogP contribution in [0.3, 0.4) is 0 Å². The highest BCUT2D eigenvalue weighted by Crippen LogP contribution is 2.37. The van der Waals surface area contributed by atoms with Crippen molar-refractivity contribution < 1.29 is 19.7 Å². The molecule has 1 aliphatic heterocycles. The van der Waals surface area contributed by atoms with Crippen molar-refractivity contribution in [2.24, 2.45) is 5.41 Å². The van der Waals surface area contributed by atoms with E-state index in [1.165, 1.54) is 0 Å². The molecule has 0 amide bonds. The van der Waals surface area contributed by atoms with E-state index in [9.17, 15) is 15.0 Å². The van der Waals surface area contributed by atoms with Crippen LogP contribution in [0, 0.1) is 12.3 Å². The van der Waals surface area contributed by atoms with Crippen LogP contribution < -0.4 is 9.64 Å². The number of carboxylic acids is 1. The third-order valence-electron chi connectivity index (χ3n) is 5.42. The molecule has 1 saturated heterocycles. The Morgan fingerprint density at radius 1 is 1.26 bits per heavy atom. The highest BCUT2D eigenvalue weighted by atomic mass is 16.5. The zero-order valence-electron chi connectivity index (χ0n) is 15.8. The maximum absolute atomic E-state index is 11.5. The number of hydrogen-bond donors (Lipinski definition) is 2. The highest BCUT2D eigenvalue weighted by Gasteiger charge is 2.35. The highest BCUT2D eigenvalue weighted by molar-refractivity contribution is 5.93. The zero-order chi connectivity index (χ0) is 19.4. The zero-order valence-corrected chi connectivity index (χ0v) is 15.8. The van der Waals surface area contributed by atoms with Crippen LogP contribution in [0.25, 0.3) is 0 Å². The van der Waals surface area contributed by atoms with E-state index in [0.717, 1.165) is 36.3 Å². The smallest absolute Gasteiger partial charge is 0.339 e. The van der Waals surface area contributed by atoms with Crippen molar-refractivity contribution in [2.75, 3.05) is 31.7 Å². The number of rotatable bonds is 6. The molecule has 0 atom stereocenters. The summed E-state index contributed by atoms with van der Waals surface area (Å²) >= 11 is 0. The average Bonchev–Trinajstić information content (AvgIpc) is 2.68. The number of pyridine rings is 1. The molecule has 6 nitrogen and oxygen atoms in total. The summed E-state index contributed by atoms with van der Waals surface area (Å²) in [6.45, 7) is 3.30. The fraction of sp³-hybridized carbons (Fsp3) is 0.429. The Labute approximate surface area is 159 Å². The SMILES string of the molecule is COc1cccc(CC2(CO)CCN(c3nc(C)ccc3C(=O)O)CC2)c1. The van der Waals surface area contributed by atoms with Crippen LogP contribution >= 0.6 is 0 Å². The van der Waals surface area contributed by atoms with Gasteiger partial charge in [-0.25, -0.2) is 9.78 Å². The van der Waals surface area contributed by atoms with Crippen molar-refractivity contribution >= 4 is 11.8 Å². The van der Waals surface area contributed by atoms with Crippen molar-refractivity contribution in [1.29, 1.82) is 0 Å². The fourth-order valence-corrected chi connectivity index (χ4v) is 3.75. The van der Waals surface area contributed by atoms with Crippen LogP contribution in [0.5, 0.6) is 5.75 Å². The Kier molecular flexibility index (Phi) is 5.65. The maximum atomic E-state index is 11.5. The van der Waals surface area contributed by atoms with Gasteiger partial charge in [0.25, 0.3) is 0 Å². The minimum atomic E-state index is -0.965. The van der Waals surface area contributed by atoms with Crippen molar-refractivity contribution in [1.82, 2.24) is 4.98 Å². The Hall–Kier alpha value is -2.60. The molecular weight excluding hydrogens is 344 g/mol. The van der Waals surface area contributed by atoms with Gasteiger partial charge in [-0.2, -0.15) is 0 Å². The van der Waals surface area contributed by atoms with E-state index >= 15 is 0 Å². The lowest BCUT2D eigenvalue weighted by Gasteiger charge is -2.41. The summed E-state index contributed by atoms with van der Waals surface area (Å²) in [5, 5.41) is 19.6. The number of anilines is 1. The molecule has 0 spiro atoms. The van der Waals surface area contributed by atoms with Crippen LogP contribution in [0.1, 0.15) is 34.5 Å². The number of benzene rings is 1. The van der Waals surface area contributed by atoms with Gasteiger partial charge < -0.3 is 19.8 Å². The van der Waals surface area contributed by atoms with Crippen molar-refractivity contribution in [3.63, 3.8) is 0 Å². The molecule has 2 aromatic rings. The molecule has 0 radical (unpaired) electrons. The van der Waals surface area contributed by atoms with Gasteiger partial charge in [0.2, 0.25) is 0 Å². The third kappa shape index (κ3) is 4.22. The van der Waals surface area contributed by atoms with Gasteiger partial charge in [0, 0.05) is 30.8 Å². The Morgan fingerprint density at radius 2 is 2.00 bits per heavy atom. The summed E-state index contributed by atoms with van der Waals surface area (Å²) in [6, 6.07) is 11.3. The molecule has 0 aliphatic carbocycles. The lowest BCUT2D eigenvalue weighted by molar-refractivity contribution is 0.0696. The van der Waals surface area contributed by atoms with E-state index in [2.05, 4.69) is 11.1 Å². The number of ether oxygens (including phenoxy) is 1. The van der Waals surface area contributed by atoms with Gasteiger partial charge in [-0.1, -0.05) is 12.1 Å². The van der Waals surface area contributed by atoms with Gasteiger partial charge in [0.15, 0.2) is 0 Å². The molecule has 1 fully saturated rings. The van der Waals surface area contributed by atoms with Crippen LogP contribution in [0.4, 0.5) is 5.82 Å². The van der Waals surface area contributed by atoms with Crippen molar-refractivity contribution in [3.05, 3.63) is 53.2 Å². The van der Waals surface area contributed by atoms with E-state index in [4.69, 9.17) is 4.74 Å².